The normalized spacial score (nSPS) is 15.3. The Hall–Kier alpha value is -2.56. The minimum absolute atomic E-state index is 0.233. The van der Waals surface area contributed by atoms with Crippen LogP contribution in [0.1, 0.15) is 36.5 Å². The molecule has 5 nitrogen and oxygen atoms in total. The van der Waals surface area contributed by atoms with Crippen LogP contribution in [0.15, 0.2) is 42.5 Å². The van der Waals surface area contributed by atoms with E-state index in [0.29, 0.717) is 11.3 Å². The molecule has 0 saturated carbocycles. The van der Waals surface area contributed by atoms with Crippen molar-refractivity contribution in [3.63, 3.8) is 0 Å². The number of nitrogens with zero attached hydrogens (tertiary/aromatic N) is 1. The summed E-state index contributed by atoms with van der Waals surface area (Å²) in [6, 6.07) is 5.21. The zero-order valence-corrected chi connectivity index (χ0v) is 13.4. The van der Waals surface area contributed by atoms with E-state index < -0.39 is 5.91 Å². The Morgan fingerprint density at radius 3 is 2.57 bits per heavy atom. The molecule has 2 rings (SSSR count). The molecule has 0 radical (unpaired) electrons. The molecule has 5 heteroatoms. The monoisotopic (exact) mass is 313 g/mol. The maximum Gasteiger partial charge on any atom is 0.248 e. The maximum atomic E-state index is 12.0. The number of carbonyl (C=O) groups excluding carboxylic acids is 2. The third-order valence-corrected chi connectivity index (χ3v) is 3.79. The molecule has 1 aliphatic rings. The lowest BCUT2D eigenvalue weighted by Crippen LogP contribution is -2.30. The smallest absolute Gasteiger partial charge is 0.248 e. The lowest BCUT2D eigenvalue weighted by Gasteiger charge is -2.30. The van der Waals surface area contributed by atoms with Crippen LogP contribution in [0.25, 0.3) is 0 Å². The Morgan fingerprint density at radius 1 is 1.17 bits per heavy atom. The van der Waals surface area contributed by atoms with Gasteiger partial charge in [0.15, 0.2) is 0 Å². The molecule has 0 aromatic heterocycles. The predicted molar refractivity (Wildman–Crippen MR) is 93.6 cm³/mol. The van der Waals surface area contributed by atoms with Crippen molar-refractivity contribution in [2.45, 2.75) is 26.2 Å². The lowest BCUT2D eigenvalue weighted by atomic mass is 10.1. The highest BCUT2D eigenvalue weighted by molar-refractivity contribution is 6.03. The van der Waals surface area contributed by atoms with E-state index in [1.807, 2.05) is 19.1 Å². The number of hydrogen-bond acceptors (Lipinski definition) is 3. The number of allylic oxidation sites excluding steroid dienone is 3. The van der Waals surface area contributed by atoms with Crippen LogP contribution in [0.3, 0.4) is 0 Å². The van der Waals surface area contributed by atoms with Crippen molar-refractivity contribution in [1.29, 1.82) is 0 Å². The third-order valence-electron chi connectivity index (χ3n) is 3.79. The van der Waals surface area contributed by atoms with Gasteiger partial charge in [-0.05, 0) is 44.4 Å². The molecule has 1 aliphatic heterocycles. The predicted octanol–water partition coefficient (Wildman–Crippen LogP) is 2.85. The number of nitrogens with one attached hydrogen (secondary N) is 1. The Morgan fingerprint density at radius 2 is 1.91 bits per heavy atom. The van der Waals surface area contributed by atoms with E-state index in [4.69, 9.17) is 5.73 Å². The summed E-state index contributed by atoms with van der Waals surface area (Å²) in [4.78, 5) is 25.7. The molecule has 2 amide bonds. The molecular formula is C18H23N3O2. The Kier molecular flexibility index (Phi) is 5.97. The van der Waals surface area contributed by atoms with Crippen molar-refractivity contribution in [2.24, 2.45) is 5.73 Å². The highest BCUT2D eigenvalue weighted by atomic mass is 16.1. The first-order chi connectivity index (χ1) is 11.1. The van der Waals surface area contributed by atoms with E-state index >= 15 is 0 Å². The van der Waals surface area contributed by atoms with E-state index in [0.717, 1.165) is 31.6 Å². The summed E-state index contributed by atoms with van der Waals surface area (Å²) in [7, 11) is 0. The molecule has 0 aliphatic carbocycles. The van der Waals surface area contributed by atoms with Crippen LogP contribution < -0.4 is 16.0 Å². The molecule has 1 saturated heterocycles. The number of nitrogens with two attached hydrogens (primary N) is 1. The molecule has 23 heavy (non-hydrogen) atoms. The zero-order valence-electron chi connectivity index (χ0n) is 13.4. The Balaban J connectivity index is 2.26. The van der Waals surface area contributed by atoms with Crippen molar-refractivity contribution in [3.05, 3.63) is 48.1 Å². The number of benzene rings is 1. The fourth-order valence-electron chi connectivity index (χ4n) is 2.63. The molecule has 0 atom stereocenters. The fraction of sp³-hybridized carbons (Fsp3) is 0.333. The van der Waals surface area contributed by atoms with Gasteiger partial charge in [0.05, 0.1) is 11.4 Å². The number of hydrogen-bond donors (Lipinski definition) is 2. The minimum atomic E-state index is -0.504. The van der Waals surface area contributed by atoms with Crippen molar-refractivity contribution in [1.82, 2.24) is 0 Å². The summed E-state index contributed by atoms with van der Waals surface area (Å²) in [5, 5.41) is 2.85. The van der Waals surface area contributed by atoms with Gasteiger partial charge in [-0.25, -0.2) is 0 Å². The summed E-state index contributed by atoms with van der Waals surface area (Å²) >= 11 is 0. The molecule has 1 heterocycles. The SMILES string of the molecule is C/C=C/C=C/C(=O)Nc1cc(C(N)=O)ccc1N1CCCCC1. The van der Waals surface area contributed by atoms with Crippen LogP contribution in [-0.4, -0.2) is 24.9 Å². The van der Waals surface area contributed by atoms with E-state index in [2.05, 4.69) is 10.2 Å². The number of anilines is 2. The quantitative estimate of drug-likeness (QED) is 0.648. The molecule has 0 bridgehead atoms. The average molecular weight is 313 g/mol. The second-order valence-corrected chi connectivity index (χ2v) is 5.52. The number of carbonyl (C=O) groups is 2. The number of piperidine rings is 1. The van der Waals surface area contributed by atoms with Gasteiger partial charge in [0, 0.05) is 24.7 Å². The van der Waals surface area contributed by atoms with Crippen LogP contribution in [0, 0.1) is 0 Å². The highest BCUT2D eigenvalue weighted by Crippen LogP contribution is 2.29. The summed E-state index contributed by atoms with van der Waals surface area (Å²) in [6.45, 7) is 3.79. The first-order valence-electron chi connectivity index (χ1n) is 7.91. The van der Waals surface area contributed by atoms with Gasteiger partial charge in [0.25, 0.3) is 0 Å². The summed E-state index contributed by atoms with van der Waals surface area (Å²) in [5.74, 6) is -0.738. The van der Waals surface area contributed by atoms with Crippen LogP contribution in [-0.2, 0) is 4.79 Å². The van der Waals surface area contributed by atoms with Crippen molar-refractivity contribution >= 4 is 23.2 Å². The van der Waals surface area contributed by atoms with Gasteiger partial charge in [-0.15, -0.1) is 0 Å². The van der Waals surface area contributed by atoms with Crippen molar-refractivity contribution < 1.29 is 9.59 Å². The topological polar surface area (TPSA) is 75.4 Å². The fourth-order valence-corrected chi connectivity index (χ4v) is 2.63. The van der Waals surface area contributed by atoms with Gasteiger partial charge in [-0.1, -0.05) is 18.2 Å². The molecule has 122 valence electrons. The Bertz CT molecular complexity index is 629. The molecule has 3 N–H and O–H groups in total. The standard InChI is InChI=1S/C18H23N3O2/c1-2-3-5-8-17(22)20-15-13-14(18(19)23)9-10-16(15)21-11-6-4-7-12-21/h2-3,5,8-10,13H,4,6-7,11-12H2,1H3,(H2,19,23)(H,20,22)/b3-2+,8-5+. The van der Waals surface area contributed by atoms with Gasteiger partial charge in [-0.2, -0.15) is 0 Å². The molecule has 1 aromatic rings. The van der Waals surface area contributed by atoms with Crippen molar-refractivity contribution in [3.8, 4) is 0 Å². The minimum Gasteiger partial charge on any atom is -0.370 e. The van der Waals surface area contributed by atoms with Gasteiger partial charge < -0.3 is 16.0 Å². The van der Waals surface area contributed by atoms with Crippen LogP contribution in [0.2, 0.25) is 0 Å². The molecule has 1 fully saturated rings. The zero-order chi connectivity index (χ0) is 16.7. The first kappa shape index (κ1) is 16.8. The average Bonchev–Trinajstić information content (AvgIpc) is 2.55. The van der Waals surface area contributed by atoms with E-state index in [1.165, 1.54) is 12.5 Å². The van der Waals surface area contributed by atoms with Gasteiger partial charge in [0.1, 0.15) is 0 Å². The maximum absolute atomic E-state index is 12.0. The van der Waals surface area contributed by atoms with Gasteiger partial charge >= 0.3 is 0 Å². The van der Waals surface area contributed by atoms with E-state index in [-0.39, 0.29) is 5.91 Å². The molecular weight excluding hydrogens is 290 g/mol. The number of amides is 2. The van der Waals surface area contributed by atoms with Gasteiger partial charge in [-0.3, -0.25) is 9.59 Å². The van der Waals surface area contributed by atoms with Gasteiger partial charge in [0.2, 0.25) is 11.8 Å². The van der Waals surface area contributed by atoms with Crippen LogP contribution in [0.4, 0.5) is 11.4 Å². The first-order valence-corrected chi connectivity index (χ1v) is 7.91. The summed E-state index contributed by atoms with van der Waals surface area (Å²) in [6.07, 6.45) is 10.2. The van der Waals surface area contributed by atoms with Crippen molar-refractivity contribution in [2.75, 3.05) is 23.3 Å². The third kappa shape index (κ3) is 4.71. The second kappa shape index (κ2) is 8.17. The molecule has 0 spiro atoms. The molecule has 1 aromatic carbocycles. The Labute approximate surface area is 136 Å². The van der Waals surface area contributed by atoms with E-state index in [9.17, 15) is 9.59 Å². The van der Waals surface area contributed by atoms with E-state index in [1.54, 1.807) is 24.3 Å². The van der Waals surface area contributed by atoms with Crippen LogP contribution >= 0.6 is 0 Å². The number of rotatable bonds is 5. The second-order valence-electron chi connectivity index (χ2n) is 5.52. The lowest BCUT2D eigenvalue weighted by molar-refractivity contribution is -0.111. The van der Waals surface area contributed by atoms with Crippen LogP contribution in [0.5, 0.6) is 0 Å². The summed E-state index contributed by atoms with van der Waals surface area (Å²) < 4.78 is 0. The number of primary amides is 1. The largest absolute Gasteiger partial charge is 0.370 e. The molecule has 0 unspecified atom stereocenters. The highest BCUT2D eigenvalue weighted by Gasteiger charge is 2.16. The summed E-state index contributed by atoms with van der Waals surface area (Å²) in [5.41, 5.74) is 7.30.